The van der Waals surface area contributed by atoms with Gasteiger partial charge < -0.3 is 9.64 Å². The molecule has 1 amide bonds. The van der Waals surface area contributed by atoms with Gasteiger partial charge in [0, 0.05) is 30.9 Å². The van der Waals surface area contributed by atoms with Gasteiger partial charge in [-0.2, -0.15) is 5.10 Å². The van der Waals surface area contributed by atoms with Crippen LogP contribution in [0.2, 0.25) is 0 Å². The molecule has 1 aromatic heterocycles. The zero-order valence-electron chi connectivity index (χ0n) is 14.6. The number of carbonyl (C=O) groups excluding carboxylic acids is 1. The quantitative estimate of drug-likeness (QED) is 0.938. The smallest absolute Gasteiger partial charge is 0.263 e. The minimum Gasteiger partial charge on any atom is -0.481 e. The molecule has 0 radical (unpaired) electrons. The molecule has 1 fully saturated rings. The fourth-order valence-corrected chi connectivity index (χ4v) is 3.27. The number of carbonyl (C=O) groups is 1. The van der Waals surface area contributed by atoms with Gasteiger partial charge in [0.15, 0.2) is 6.10 Å². The lowest BCUT2D eigenvalue weighted by Gasteiger charge is -2.34. The van der Waals surface area contributed by atoms with E-state index in [0.717, 1.165) is 42.9 Å². The lowest BCUT2D eigenvalue weighted by molar-refractivity contribution is -0.139. The van der Waals surface area contributed by atoms with E-state index in [4.69, 9.17) is 4.74 Å². The van der Waals surface area contributed by atoms with Gasteiger partial charge in [0.1, 0.15) is 5.75 Å². The third kappa shape index (κ3) is 3.45. The Balaban J connectivity index is 1.65. The molecule has 1 aliphatic heterocycles. The fourth-order valence-electron chi connectivity index (χ4n) is 3.27. The number of H-pyrrole nitrogens is 1. The largest absolute Gasteiger partial charge is 0.481 e. The van der Waals surface area contributed by atoms with Crippen LogP contribution in [0.1, 0.15) is 42.5 Å². The predicted molar refractivity (Wildman–Crippen MR) is 93.1 cm³/mol. The van der Waals surface area contributed by atoms with Crippen LogP contribution in [0.5, 0.6) is 5.75 Å². The zero-order valence-corrected chi connectivity index (χ0v) is 14.6. The number of hydrogen-bond acceptors (Lipinski definition) is 3. The maximum Gasteiger partial charge on any atom is 0.263 e. The molecule has 1 aromatic carbocycles. The van der Waals surface area contributed by atoms with Crippen LogP contribution >= 0.6 is 0 Å². The average molecular weight is 327 g/mol. The highest BCUT2D eigenvalue weighted by molar-refractivity contribution is 5.81. The first-order chi connectivity index (χ1) is 11.6. The highest BCUT2D eigenvalue weighted by Crippen LogP contribution is 2.27. The number of hydrogen-bond donors (Lipinski definition) is 1. The van der Waals surface area contributed by atoms with E-state index in [2.05, 4.69) is 10.2 Å². The Kier molecular flexibility index (Phi) is 4.88. The number of aromatic amines is 1. The topological polar surface area (TPSA) is 58.2 Å². The summed E-state index contributed by atoms with van der Waals surface area (Å²) in [7, 11) is 0. The molecular weight excluding hydrogens is 302 g/mol. The third-order valence-corrected chi connectivity index (χ3v) is 4.90. The van der Waals surface area contributed by atoms with Crippen LogP contribution in [0, 0.1) is 13.8 Å². The summed E-state index contributed by atoms with van der Waals surface area (Å²) in [5, 5.41) is 7.05. The molecule has 2 aromatic rings. The van der Waals surface area contributed by atoms with Crippen LogP contribution in [-0.4, -0.2) is 40.2 Å². The summed E-state index contributed by atoms with van der Waals surface area (Å²) in [6, 6.07) is 7.93. The second-order valence-electron chi connectivity index (χ2n) is 6.59. The van der Waals surface area contributed by atoms with Gasteiger partial charge in [-0.05, 0) is 56.9 Å². The van der Waals surface area contributed by atoms with Gasteiger partial charge in [-0.15, -0.1) is 0 Å². The van der Waals surface area contributed by atoms with Crippen molar-refractivity contribution in [2.75, 3.05) is 13.1 Å². The van der Waals surface area contributed by atoms with Crippen LogP contribution < -0.4 is 4.74 Å². The van der Waals surface area contributed by atoms with E-state index in [-0.39, 0.29) is 5.91 Å². The minimum absolute atomic E-state index is 0.0557. The maximum atomic E-state index is 12.8. The van der Waals surface area contributed by atoms with Crippen molar-refractivity contribution in [3.8, 4) is 5.75 Å². The van der Waals surface area contributed by atoms with E-state index in [9.17, 15) is 4.79 Å². The van der Waals surface area contributed by atoms with Gasteiger partial charge in [0.05, 0.1) is 0 Å². The lowest BCUT2D eigenvalue weighted by Crippen LogP contribution is -2.45. The summed E-state index contributed by atoms with van der Waals surface area (Å²) < 4.78 is 5.96. The van der Waals surface area contributed by atoms with Gasteiger partial charge in [0.25, 0.3) is 5.91 Å². The standard InChI is InChI=1S/C19H25N3O2/c1-13-6-4-8-18(14(13)2)24-15(3)19(23)22-11-5-7-16(12-22)17-9-10-20-21-17/h4,6,8-10,15-16H,5,7,11-12H2,1-3H3,(H,20,21). The van der Waals surface area contributed by atoms with Crippen molar-refractivity contribution in [1.29, 1.82) is 0 Å². The average Bonchev–Trinajstić information content (AvgIpc) is 3.13. The Morgan fingerprint density at radius 2 is 2.21 bits per heavy atom. The van der Waals surface area contributed by atoms with Crippen LogP contribution in [0.15, 0.2) is 30.5 Å². The van der Waals surface area contributed by atoms with E-state index in [0.29, 0.717) is 5.92 Å². The monoisotopic (exact) mass is 327 g/mol. The molecule has 2 heterocycles. The summed E-state index contributed by atoms with van der Waals surface area (Å²) in [4.78, 5) is 14.7. The van der Waals surface area contributed by atoms with Gasteiger partial charge in [-0.3, -0.25) is 9.89 Å². The van der Waals surface area contributed by atoms with Crippen LogP contribution in [0.4, 0.5) is 0 Å². The SMILES string of the molecule is Cc1cccc(OC(C)C(=O)N2CCCC(c3ccn[nH]3)C2)c1C. The molecule has 1 saturated heterocycles. The highest BCUT2D eigenvalue weighted by atomic mass is 16.5. The first-order valence-electron chi connectivity index (χ1n) is 8.57. The van der Waals surface area contributed by atoms with Crippen LogP contribution in [-0.2, 0) is 4.79 Å². The number of likely N-dealkylation sites (tertiary alicyclic amines) is 1. The van der Waals surface area contributed by atoms with Gasteiger partial charge in [-0.1, -0.05) is 12.1 Å². The van der Waals surface area contributed by atoms with Gasteiger partial charge >= 0.3 is 0 Å². The van der Waals surface area contributed by atoms with Gasteiger partial charge in [-0.25, -0.2) is 0 Å². The second-order valence-corrected chi connectivity index (χ2v) is 6.59. The Morgan fingerprint density at radius 1 is 1.38 bits per heavy atom. The molecule has 1 N–H and O–H groups in total. The first-order valence-corrected chi connectivity index (χ1v) is 8.57. The second kappa shape index (κ2) is 7.07. The summed E-state index contributed by atoms with van der Waals surface area (Å²) in [6.45, 7) is 7.43. The van der Waals surface area contributed by atoms with Crippen molar-refractivity contribution in [1.82, 2.24) is 15.1 Å². The van der Waals surface area contributed by atoms with Crippen molar-refractivity contribution in [3.63, 3.8) is 0 Å². The van der Waals surface area contributed by atoms with Crippen LogP contribution in [0.3, 0.4) is 0 Å². The van der Waals surface area contributed by atoms with E-state index in [1.807, 2.05) is 49.9 Å². The van der Waals surface area contributed by atoms with Crippen molar-refractivity contribution < 1.29 is 9.53 Å². The van der Waals surface area contributed by atoms with E-state index >= 15 is 0 Å². The number of nitrogens with zero attached hydrogens (tertiary/aromatic N) is 2. The fraction of sp³-hybridized carbons (Fsp3) is 0.474. The first kappa shape index (κ1) is 16.6. The number of ether oxygens (including phenoxy) is 1. The van der Waals surface area contributed by atoms with Crippen molar-refractivity contribution in [3.05, 3.63) is 47.3 Å². The molecule has 5 heteroatoms. The number of rotatable bonds is 4. The number of piperidine rings is 1. The minimum atomic E-state index is -0.481. The number of nitrogens with one attached hydrogen (secondary N) is 1. The summed E-state index contributed by atoms with van der Waals surface area (Å²) in [5.74, 6) is 1.18. The third-order valence-electron chi connectivity index (χ3n) is 4.90. The molecule has 2 unspecified atom stereocenters. The molecule has 5 nitrogen and oxygen atoms in total. The Labute approximate surface area is 143 Å². The summed E-state index contributed by atoms with van der Waals surface area (Å²) >= 11 is 0. The summed E-state index contributed by atoms with van der Waals surface area (Å²) in [6.07, 6.45) is 3.37. The maximum absolute atomic E-state index is 12.8. The molecule has 128 valence electrons. The Morgan fingerprint density at radius 3 is 2.96 bits per heavy atom. The molecule has 0 saturated carbocycles. The number of amides is 1. The van der Waals surface area contributed by atoms with E-state index < -0.39 is 6.10 Å². The molecule has 0 spiro atoms. The molecular formula is C19H25N3O2. The summed E-state index contributed by atoms with van der Waals surface area (Å²) in [5.41, 5.74) is 3.37. The normalized spacial score (nSPS) is 19.1. The van der Waals surface area contributed by atoms with Crippen molar-refractivity contribution in [2.45, 2.75) is 45.6 Å². The van der Waals surface area contributed by atoms with Crippen molar-refractivity contribution >= 4 is 5.91 Å². The Bertz CT molecular complexity index is 697. The van der Waals surface area contributed by atoms with E-state index in [1.54, 1.807) is 6.20 Å². The molecule has 0 bridgehead atoms. The number of aryl methyl sites for hydroxylation is 1. The Hall–Kier alpha value is -2.30. The molecule has 24 heavy (non-hydrogen) atoms. The lowest BCUT2D eigenvalue weighted by atomic mass is 9.94. The molecule has 3 rings (SSSR count). The zero-order chi connectivity index (χ0) is 17.1. The molecule has 2 atom stereocenters. The van der Waals surface area contributed by atoms with E-state index in [1.165, 1.54) is 5.56 Å². The van der Waals surface area contributed by atoms with Crippen LogP contribution in [0.25, 0.3) is 0 Å². The van der Waals surface area contributed by atoms with Crippen molar-refractivity contribution in [2.24, 2.45) is 0 Å². The number of aromatic nitrogens is 2. The predicted octanol–water partition coefficient (Wildman–Crippen LogP) is 3.20. The number of benzene rings is 1. The van der Waals surface area contributed by atoms with Gasteiger partial charge in [0.2, 0.25) is 0 Å². The molecule has 0 aliphatic carbocycles. The molecule has 1 aliphatic rings. The highest BCUT2D eigenvalue weighted by Gasteiger charge is 2.29.